The lowest BCUT2D eigenvalue weighted by Crippen LogP contribution is -2.57. The Bertz CT molecular complexity index is 2650. The third kappa shape index (κ3) is 22.3. The van der Waals surface area contributed by atoms with Crippen LogP contribution in [0.1, 0.15) is 116 Å². The monoisotopic (exact) mass is 1100 g/mol. The van der Waals surface area contributed by atoms with Gasteiger partial charge in [-0.05, 0) is 86.6 Å². The minimum absolute atomic E-state index is 0. The SMILES string of the molecule is C.CCCC(=O)Oc1ccc(C[N+]2(CC(=O)C[C@@H](CCc3ccccc3)C(=O)N[C@@H](CC(C)C)C(=O)C[C@@H](Cc3ccccc3)C(=O)N[C@@H](CC(C)C)C(=O)[C@@]3(C)CO3)CCOCC2)cc1OCc1cn[nH]n1.CS(=O)(=O)[O-]. The number of amides is 2. The zero-order valence-electron chi connectivity index (χ0n) is 45.6. The number of aromatic nitrogens is 3. The van der Waals surface area contributed by atoms with E-state index in [-0.39, 0.29) is 87.2 Å². The van der Waals surface area contributed by atoms with Crippen molar-refractivity contribution in [1.29, 1.82) is 0 Å². The van der Waals surface area contributed by atoms with Crippen molar-refractivity contribution in [3.05, 3.63) is 107 Å². The Labute approximate surface area is 460 Å². The molecule has 0 bridgehead atoms. The second-order valence-corrected chi connectivity index (χ2v) is 22.9. The number of rotatable bonds is 30. The molecule has 3 N–H and O–H groups in total. The Kier molecular flexibility index (Phi) is 25.4. The quantitative estimate of drug-likeness (QED) is 0.0162. The normalized spacial score (nSPS) is 17.2. The highest BCUT2D eigenvalue weighted by Crippen LogP contribution is 2.33. The number of aromatic amines is 1. The van der Waals surface area contributed by atoms with Crippen LogP contribution in [0.25, 0.3) is 0 Å². The van der Waals surface area contributed by atoms with Crippen molar-refractivity contribution in [2.45, 2.75) is 138 Å². The molecule has 3 heterocycles. The van der Waals surface area contributed by atoms with Crippen LogP contribution in [0.3, 0.4) is 0 Å². The number of Topliss-reactive ketones (excluding diaryl/α,β-unsaturated/α-hetero) is 3. The third-order valence-electron chi connectivity index (χ3n) is 13.4. The zero-order valence-corrected chi connectivity index (χ0v) is 46.4. The Balaban J connectivity index is 0.00000209. The maximum absolute atomic E-state index is 14.7. The molecular formula is C58H82N6O13S. The number of quaternary nitrogens is 1. The molecule has 0 spiro atoms. The van der Waals surface area contributed by atoms with Crippen molar-refractivity contribution < 1.29 is 65.2 Å². The molecule has 428 valence electrons. The first-order valence-electron chi connectivity index (χ1n) is 26.6. The molecule has 20 heteroatoms. The standard InChI is InChI=1S/C56H74N6O10.CH4O3S.CH4/c1-7-14-52(65)72-50-22-20-42(30-51(50)70-36-45-33-57-61-60-45)34-62(23-25-69-26-24-62)35-46(63)31-43(21-19-40-15-10-8-11-16-40)54(67)58-47(27-38(2)3)49(64)32-44(29-41-17-12-9-13-18-41)55(68)59-48(28-39(4)5)53(66)56(6)37-71-56;1-5(2,3)4;/h8-13,15-18,20,22,30,33,38-39,43-44,47-48H,7,14,19,21,23-29,31-32,34-37H2,1-6H3,(H2-,57,58,59,60,61,67,68);1H3,(H,2,3,4);1H4/t43-,44-,47+,48+,56-;;/m1../s1. The Morgan fingerprint density at radius 2 is 1.41 bits per heavy atom. The maximum atomic E-state index is 14.7. The van der Waals surface area contributed by atoms with Gasteiger partial charge in [0.2, 0.25) is 11.8 Å². The lowest BCUT2D eigenvalue weighted by molar-refractivity contribution is -0.940. The molecule has 19 nitrogen and oxygen atoms in total. The molecular weight excluding hydrogens is 1020 g/mol. The Hall–Kier alpha value is -6.19. The summed E-state index contributed by atoms with van der Waals surface area (Å²) in [5, 5.41) is 16.6. The number of benzene rings is 3. The number of carbonyl (C=O) groups is 6. The second-order valence-electron chi connectivity index (χ2n) is 21.5. The van der Waals surface area contributed by atoms with Gasteiger partial charge in [-0.25, -0.2) is 8.42 Å². The smallest absolute Gasteiger partial charge is 0.311 e. The molecule has 2 fully saturated rings. The topological polar surface area (TPSA) is 265 Å². The van der Waals surface area contributed by atoms with Crippen molar-refractivity contribution in [2.75, 3.05) is 45.7 Å². The number of morpholine rings is 1. The molecule has 5 atom stereocenters. The lowest BCUT2D eigenvalue weighted by Gasteiger charge is -2.41. The number of hydrogen-bond donors (Lipinski definition) is 3. The molecule has 4 aromatic rings. The average Bonchev–Trinajstić information content (AvgIpc) is 3.98. The van der Waals surface area contributed by atoms with Crippen molar-refractivity contribution in [3.63, 3.8) is 0 Å². The van der Waals surface area contributed by atoms with Crippen molar-refractivity contribution in [2.24, 2.45) is 23.7 Å². The number of H-pyrrole nitrogens is 1. The predicted octanol–water partition coefficient (Wildman–Crippen LogP) is 6.68. The van der Waals surface area contributed by atoms with Crippen LogP contribution >= 0.6 is 0 Å². The van der Waals surface area contributed by atoms with E-state index in [1.54, 1.807) is 19.2 Å². The fraction of sp³-hybridized carbons (Fsp3) is 0.552. The van der Waals surface area contributed by atoms with Crippen LogP contribution in [0.15, 0.2) is 85.1 Å². The maximum Gasteiger partial charge on any atom is 0.311 e. The van der Waals surface area contributed by atoms with Gasteiger partial charge in [0.25, 0.3) is 0 Å². The van der Waals surface area contributed by atoms with Gasteiger partial charge in [0.1, 0.15) is 44.1 Å². The molecule has 2 aliphatic heterocycles. The summed E-state index contributed by atoms with van der Waals surface area (Å²) in [6.07, 6.45) is 4.72. The first kappa shape index (κ1) is 64.3. The molecule has 2 amide bonds. The molecule has 0 unspecified atom stereocenters. The van der Waals surface area contributed by atoms with Gasteiger partial charge in [-0.2, -0.15) is 15.4 Å². The van der Waals surface area contributed by atoms with E-state index in [0.717, 1.165) is 16.7 Å². The third-order valence-corrected chi connectivity index (χ3v) is 13.4. The summed E-state index contributed by atoms with van der Waals surface area (Å²) in [5.41, 5.74) is 2.36. The number of ketones is 3. The first-order valence-corrected chi connectivity index (χ1v) is 28.4. The number of carbonyl (C=O) groups excluding carboxylic acids is 6. The van der Waals surface area contributed by atoms with Crippen molar-refractivity contribution >= 4 is 45.3 Å². The van der Waals surface area contributed by atoms with Gasteiger partial charge in [0, 0.05) is 42.9 Å². The van der Waals surface area contributed by atoms with Gasteiger partial charge < -0.3 is 38.6 Å². The van der Waals surface area contributed by atoms with E-state index < -0.39 is 51.5 Å². The van der Waals surface area contributed by atoms with E-state index in [0.29, 0.717) is 93.7 Å². The first-order chi connectivity index (χ1) is 36.5. The highest BCUT2D eigenvalue weighted by Gasteiger charge is 2.50. The van der Waals surface area contributed by atoms with Crippen LogP contribution in [-0.4, -0.2) is 131 Å². The number of hydrogen-bond acceptors (Lipinski definition) is 15. The van der Waals surface area contributed by atoms with Crippen LogP contribution in [0.5, 0.6) is 11.5 Å². The highest BCUT2D eigenvalue weighted by molar-refractivity contribution is 7.84. The molecule has 1 aromatic heterocycles. The molecule has 6 rings (SSSR count). The molecule has 2 aliphatic rings. The lowest BCUT2D eigenvalue weighted by atomic mass is 9.87. The number of nitrogens with zero attached hydrogens (tertiary/aromatic N) is 3. The fourth-order valence-corrected chi connectivity index (χ4v) is 9.37. The van der Waals surface area contributed by atoms with Gasteiger partial charge in [0.15, 0.2) is 28.8 Å². The number of nitrogens with one attached hydrogen (secondary N) is 3. The highest BCUT2D eigenvalue weighted by atomic mass is 32.2. The zero-order chi connectivity index (χ0) is 56.2. The van der Waals surface area contributed by atoms with Gasteiger partial charge in [-0.1, -0.05) is 103 Å². The van der Waals surface area contributed by atoms with Crippen molar-refractivity contribution in [3.8, 4) is 11.5 Å². The number of aryl methyl sites for hydroxylation is 1. The Morgan fingerprint density at radius 3 is 1.99 bits per heavy atom. The van der Waals surface area contributed by atoms with Crippen LogP contribution in [0.4, 0.5) is 0 Å². The van der Waals surface area contributed by atoms with E-state index in [2.05, 4.69) is 26.0 Å². The van der Waals surface area contributed by atoms with Gasteiger partial charge in [0.05, 0.1) is 48.2 Å². The summed E-state index contributed by atoms with van der Waals surface area (Å²) >= 11 is 0. The molecule has 78 heavy (non-hydrogen) atoms. The number of epoxide rings is 1. The summed E-state index contributed by atoms with van der Waals surface area (Å²) < 4.78 is 50.7. The van der Waals surface area contributed by atoms with E-state index in [1.165, 1.54) is 0 Å². The summed E-state index contributed by atoms with van der Waals surface area (Å²) in [6, 6.07) is 23.0. The van der Waals surface area contributed by atoms with E-state index in [4.69, 9.17) is 31.9 Å². The minimum Gasteiger partial charge on any atom is -0.748 e. The predicted molar refractivity (Wildman–Crippen MR) is 293 cm³/mol. The summed E-state index contributed by atoms with van der Waals surface area (Å²) in [7, 11) is -3.92. The fourth-order valence-electron chi connectivity index (χ4n) is 9.37. The van der Waals surface area contributed by atoms with E-state index in [9.17, 15) is 28.8 Å². The van der Waals surface area contributed by atoms with Gasteiger partial charge >= 0.3 is 5.97 Å². The summed E-state index contributed by atoms with van der Waals surface area (Å²) in [6.45, 7) is 14.5. The number of ether oxygens (including phenoxy) is 4. The minimum atomic E-state index is -3.92. The molecule has 0 aliphatic carbocycles. The van der Waals surface area contributed by atoms with Gasteiger partial charge in [-0.15, -0.1) is 0 Å². The summed E-state index contributed by atoms with van der Waals surface area (Å²) in [4.78, 5) is 84.3. The van der Waals surface area contributed by atoms with Crippen LogP contribution in [0.2, 0.25) is 0 Å². The Morgan fingerprint density at radius 1 is 0.821 bits per heavy atom. The molecule has 3 aromatic carbocycles. The van der Waals surface area contributed by atoms with E-state index in [1.807, 2.05) is 107 Å². The van der Waals surface area contributed by atoms with Crippen LogP contribution < -0.4 is 20.1 Å². The number of esters is 1. The summed E-state index contributed by atoms with van der Waals surface area (Å²) in [5.74, 6) is -2.57. The molecule has 2 saturated heterocycles. The van der Waals surface area contributed by atoms with Gasteiger partial charge in [-0.3, -0.25) is 28.8 Å². The second kappa shape index (κ2) is 30.8. The molecule has 0 saturated carbocycles. The van der Waals surface area contributed by atoms with E-state index >= 15 is 0 Å². The van der Waals surface area contributed by atoms with Crippen LogP contribution in [0, 0.1) is 23.7 Å². The molecule has 0 radical (unpaired) electrons. The largest absolute Gasteiger partial charge is 0.748 e. The van der Waals surface area contributed by atoms with Crippen LogP contribution in [-0.2, 0) is 74.4 Å². The van der Waals surface area contributed by atoms with Crippen molar-refractivity contribution in [1.82, 2.24) is 26.0 Å². The average molecular weight is 1100 g/mol.